The van der Waals surface area contributed by atoms with Crippen LogP contribution in [-0.4, -0.2) is 35.7 Å². The van der Waals surface area contributed by atoms with Crippen LogP contribution in [-0.2, 0) is 10.0 Å². The molecule has 2 aromatic carbocycles. The van der Waals surface area contributed by atoms with Crippen molar-refractivity contribution >= 4 is 27.6 Å². The van der Waals surface area contributed by atoms with Crippen molar-refractivity contribution in [3.63, 3.8) is 0 Å². The smallest absolute Gasteiger partial charge is 0.339 e. The summed E-state index contributed by atoms with van der Waals surface area (Å²) >= 11 is 0. The maximum absolute atomic E-state index is 12.5. The van der Waals surface area contributed by atoms with Crippen molar-refractivity contribution in [3.8, 4) is 5.75 Å². The molecule has 0 unspecified atom stereocenters. The summed E-state index contributed by atoms with van der Waals surface area (Å²) in [5, 5.41) is 27.7. The first-order valence-corrected chi connectivity index (χ1v) is 8.45. The number of aromatic hydroxyl groups is 1. The molecular formula is C16H15NO7S. The molecule has 2 rings (SSSR count). The molecule has 2 aromatic rings. The predicted molar refractivity (Wildman–Crippen MR) is 88.7 cm³/mol. The van der Waals surface area contributed by atoms with Gasteiger partial charge in [-0.05, 0) is 49.2 Å². The molecule has 0 saturated carbocycles. The van der Waals surface area contributed by atoms with E-state index in [9.17, 15) is 23.1 Å². The van der Waals surface area contributed by atoms with E-state index in [0.717, 1.165) is 12.1 Å². The van der Waals surface area contributed by atoms with E-state index < -0.39 is 33.3 Å². The molecule has 0 heterocycles. The molecule has 0 saturated heterocycles. The van der Waals surface area contributed by atoms with Crippen molar-refractivity contribution in [1.82, 2.24) is 0 Å². The number of benzene rings is 2. The van der Waals surface area contributed by atoms with Crippen LogP contribution in [0.4, 0.5) is 5.69 Å². The van der Waals surface area contributed by atoms with Crippen molar-refractivity contribution in [3.05, 3.63) is 52.6 Å². The fourth-order valence-corrected chi connectivity index (χ4v) is 3.56. The minimum absolute atomic E-state index is 0.0207. The van der Waals surface area contributed by atoms with Gasteiger partial charge in [0.25, 0.3) is 10.0 Å². The van der Waals surface area contributed by atoms with Crippen LogP contribution in [0.15, 0.2) is 35.2 Å². The summed E-state index contributed by atoms with van der Waals surface area (Å²) in [6, 6.07) is 5.90. The molecular weight excluding hydrogens is 350 g/mol. The number of carbonyl (C=O) groups is 2. The van der Waals surface area contributed by atoms with E-state index in [-0.39, 0.29) is 21.7 Å². The number of rotatable bonds is 5. The first-order chi connectivity index (χ1) is 11.5. The van der Waals surface area contributed by atoms with Gasteiger partial charge < -0.3 is 15.3 Å². The molecule has 0 atom stereocenters. The van der Waals surface area contributed by atoms with E-state index in [1.54, 1.807) is 6.92 Å². The van der Waals surface area contributed by atoms with Gasteiger partial charge in [0.2, 0.25) is 0 Å². The summed E-state index contributed by atoms with van der Waals surface area (Å²) in [6.45, 7) is 2.97. The van der Waals surface area contributed by atoms with E-state index in [4.69, 9.17) is 10.2 Å². The summed E-state index contributed by atoms with van der Waals surface area (Å²) in [4.78, 5) is 21.9. The molecule has 8 nitrogen and oxygen atoms in total. The van der Waals surface area contributed by atoms with Crippen molar-refractivity contribution in [2.45, 2.75) is 18.7 Å². The maximum atomic E-state index is 12.5. The fourth-order valence-electron chi connectivity index (χ4n) is 2.26. The number of aryl methyl sites for hydroxylation is 2. The Hall–Kier alpha value is -3.07. The van der Waals surface area contributed by atoms with Crippen LogP contribution in [0.3, 0.4) is 0 Å². The van der Waals surface area contributed by atoms with E-state index in [1.165, 1.54) is 25.1 Å². The van der Waals surface area contributed by atoms with Gasteiger partial charge in [-0.2, -0.15) is 0 Å². The number of hydrogen-bond donors (Lipinski definition) is 4. The van der Waals surface area contributed by atoms with Crippen molar-refractivity contribution in [1.29, 1.82) is 0 Å². The van der Waals surface area contributed by atoms with Crippen LogP contribution in [0.2, 0.25) is 0 Å². The molecule has 9 heteroatoms. The van der Waals surface area contributed by atoms with E-state index in [2.05, 4.69) is 4.72 Å². The fraction of sp³-hybridized carbons (Fsp3) is 0.125. The Balaban J connectivity index is 2.50. The number of sulfonamides is 1. The lowest BCUT2D eigenvalue weighted by Crippen LogP contribution is -2.16. The van der Waals surface area contributed by atoms with Crippen LogP contribution in [0.5, 0.6) is 5.75 Å². The molecule has 25 heavy (non-hydrogen) atoms. The Morgan fingerprint density at radius 2 is 1.52 bits per heavy atom. The Kier molecular flexibility index (Phi) is 4.71. The van der Waals surface area contributed by atoms with E-state index in [0.29, 0.717) is 5.56 Å². The minimum Gasteiger partial charge on any atom is -0.507 e. The Morgan fingerprint density at radius 1 is 0.920 bits per heavy atom. The zero-order chi connectivity index (χ0) is 18.9. The minimum atomic E-state index is -4.19. The van der Waals surface area contributed by atoms with Crippen LogP contribution >= 0.6 is 0 Å². The third-order valence-corrected chi connectivity index (χ3v) is 5.06. The Bertz CT molecular complexity index is 980. The highest BCUT2D eigenvalue weighted by Crippen LogP contribution is 2.27. The number of hydrogen-bond acceptors (Lipinski definition) is 5. The highest BCUT2D eigenvalue weighted by atomic mass is 32.2. The first kappa shape index (κ1) is 18.3. The van der Waals surface area contributed by atoms with E-state index in [1.807, 2.05) is 0 Å². The lowest BCUT2D eigenvalue weighted by molar-refractivity contribution is 0.0683. The number of nitrogens with one attached hydrogen (secondary N) is 1. The van der Waals surface area contributed by atoms with Crippen LogP contribution in [0.25, 0.3) is 0 Å². The zero-order valence-corrected chi connectivity index (χ0v) is 14.1. The molecule has 0 amide bonds. The molecule has 0 aromatic heterocycles. The first-order valence-electron chi connectivity index (χ1n) is 6.96. The number of carboxylic acid groups (broad SMARTS) is 2. The van der Waals surface area contributed by atoms with Crippen LogP contribution in [0.1, 0.15) is 31.8 Å². The van der Waals surface area contributed by atoms with Crippen LogP contribution in [0, 0.1) is 13.8 Å². The Morgan fingerprint density at radius 3 is 2.08 bits per heavy atom. The SMILES string of the molecule is Cc1ccc(NS(=O)(=O)c2cc(C(=O)O)c(O)cc2C)cc1C(=O)O. The number of carboxylic acids is 2. The van der Waals surface area contributed by atoms with Gasteiger partial charge in [-0.25, -0.2) is 18.0 Å². The molecule has 0 bridgehead atoms. The van der Waals surface area contributed by atoms with Gasteiger partial charge in [0.05, 0.1) is 10.5 Å². The summed E-state index contributed by atoms with van der Waals surface area (Å²) < 4.78 is 27.3. The topological polar surface area (TPSA) is 141 Å². The van der Waals surface area contributed by atoms with Gasteiger partial charge in [-0.1, -0.05) is 6.07 Å². The maximum Gasteiger partial charge on any atom is 0.339 e. The number of anilines is 1. The second-order valence-electron chi connectivity index (χ2n) is 5.38. The quantitative estimate of drug-likeness (QED) is 0.636. The highest BCUT2D eigenvalue weighted by Gasteiger charge is 2.22. The van der Waals surface area contributed by atoms with Crippen molar-refractivity contribution in [2.24, 2.45) is 0 Å². The highest BCUT2D eigenvalue weighted by molar-refractivity contribution is 7.92. The summed E-state index contributed by atoms with van der Waals surface area (Å²) in [6.07, 6.45) is 0. The molecule has 0 aliphatic carbocycles. The van der Waals surface area contributed by atoms with Crippen molar-refractivity contribution < 1.29 is 33.3 Å². The summed E-state index contributed by atoms with van der Waals surface area (Å²) in [5.74, 6) is -3.22. The Labute approximate surface area is 143 Å². The second kappa shape index (κ2) is 6.44. The summed E-state index contributed by atoms with van der Waals surface area (Å²) in [5.41, 5.74) is 0.00676. The molecule has 0 fully saturated rings. The standard InChI is InChI=1S/C16H15NO7S/c1-8-3-4-10(6-11(8)15(19)20)17-25(23,24)14-7-12(16(21)22)13(18)5-9(14)2/h3-7,17-18H,1-2H3,(H,19,20)(H,21,22). The molecule has 4 N–H and O–H groups in total. The third kappa shape index (κ3) is 3.72. The lowest BCUT2D eigenvalue weighted by Gasteiger charge is -2.13. The lowest BCUT2D eigenvalue weighted by atomic mass is 10.1. The van der Waals surface area contributed by atoms with Crippen molar-refractivity contribution in [2.75, 3.05) is 4.72 Å². The van der Waals surface area contributed by atoms with Crippen LogP contribution < -0.4 is 4.72 Å². The molecule has 0 radical (unpaired) electrons. The molecule has 0 aliphatic heterocycles. The summed E-state index contributed by atoms with van der Waals surface area (Å²) in [7, 11) is -4.19. The second-order valence-corrected chi connectivity index (χ2v) is 7.03. The van der Waals surface area contributed by atoms with Gasteiger partial charge in [0.1, 0.15) is 11.3 Å². The van der Waals surface area contributed by atoms with Gasteiger partial charge in [-0.15, -0.1) is 0 Å². The van der Waals surface area contributed by atoms with E-state index >= 15 is 0 Å². The largest absolute Gasteiger partial charge is 0.507 e. The molecule has 0 spiro atoms. The predicted octanol–water partition coefficient (Wildman–Crippen LogP) is 2.21. The third-order valence-electron chi connectivity index (χ3n) is 3.53. The van der Waals surface area contributed by atoms with Gasteiger partial charge >= 0.3 is 11.9 Å². The molecule has 0 aliphatic rings. The normalized spacial score (nSPS) is 11.1. The zero-order valence-electron chi connectivity index (χ0n) is 13.3. The van der Waals surface area contributed by atoms with Gasteiger partial charge in [0.15, 0.2) is 0 Å². The average molecular weight is 365 g/mol. The average Bonchev–Trinajstić information content (AvgIpc) is 2.47. The number of aromatic carboxylic acids is 2. The van der Waals surface area contributed by atoms with Gasteiger partial charge in [0, 0.05) is 5.69 Å². The monoisotopic (exact) mass is 365 g/mol. The molecule has 132 valence electrons. The number of phenols is 1. The van der Waals surface area contributed by atoms with Gasteiger partial charge in [-0.3, -0.25) is 4.72 Å².